The smallest absolute Gasteiger partial charge is 0.166 e. The Morgan fingerprint density at radius 3 is 1.40 bits per heavy atom. The minimum absolute atomic E-state index is 0.449. The molecule has 0 unspecified atom stereocenters. The van der Waals surface area contributed by atoms with Gasteiger partial charge in [-0.3, -0.25) is 0 Å². The van der Waals surface area contributed by atoms with Crippen molar-refractivity contribution < 1.29 is 0 Å². The average molecular weight is 550 g/mol. The third-order valence-corrected chi connectivity index (χ3v) is 7.33. The lowest BCUT2D eigenvalue weighted by Gasteiger charge is -2.15. The van der Waals surface area contributed by atoms with Gasteiger partial charge in [0.05, 0.1) is 51.6 Å². The second-order valence-electron chi connectivity index (χ2n) is 9.90. The number of rotatable bonds is 4. The summed E-state index contributed by atoms with van der Waals surface area (Å²) in [6, 6.07) is 42.6. The monoisotopic (exact) mass is 549 g/mol. The van der Waals surface area contributed by atoms with Crippen LogP contribution in [0.5, 0.6) is 0 Å². The van der Waals surface area contributed by atoms with Crippen LogP contribution in [0.4, 0.5) is 0 Å². The van der Waals surface area contributed by atoms with E-state index in [4.69, 9.17) is 15.0 Å². The van der Waals surface area contributed by atoms with Gasteiger partial charge in [0.25, 0.3) is 0 Å². The quantitative estimate of drug-likeness (QED) is 0.223. The highest BCUT2D eigenvalue weighted by atomic mass is 15.1. The summed E-state index contributed by atoms with van der Waals surface area (Å²) in [6.45, 7) is 0. The van der Waals surface area contributed by atoms with E-state index < -0.39 is 0 Å². The second kappa shape index (κ2) is 10.4. The molecule has 7 aromatic rings. The van der Waals surface area contributed by atoms with Crippen molar-refractivity contribution in [3.05, 3.63) is 132 Å². The Balaban J connectivity index is 1.56. The molecule has 7 rings (SSSR count). The molecule has 0 bridgehead atoms. The van der Waals surface area contributed by atoms with Crippen LogP contribution < -0.4 is 0 Å². The van der Waals surface area contributed by atoms with Crippen molar-refractivity contribution in [2.24, 2.45) is 0 Å². The molecule has 2 aromatic heterocycles. The summed E-state index contributed by atoms with van der Waals surface area (Å²) in [5.74, 6) is 1.50. The third-order valence-electron chi connectivity index (χ3n) is 7.33. The van der Waals surface area contributed by atoms with Gasteiger partial charge < -0.3 is 4.57 Å². The lowest BCUT2D eigenvalue weighted by Crippen LogP contribution is -2.04. The summed E-state index contributed by atoms with van der Waals surface area (Å²) in [6.07, 6.45) is 0. The topological polar surface area (TPSA) is 115 Å². The van der Waals surface area contributed by atoms with E-state index in [-0.39, 0.29) is 0 Å². The minimum Gasteiger partial charge on any atom is -0.308 e. The Kier molecular flexibility index (Phi) is 6.14. The van der Waals surface area contributed by atoms with Gasteiger partial charge in [0.15, 0.2) is 17.5 Å². The predicted molar refractivity (Wildman–Crippen MR) is 165 cm³/mol. The van der Waals surface area contributed by atoms with Gasteiger partial charge in [-0.05, 0) is 54.6 Å². The molecule has 0 amide bonds. The van der Waals surface area contributed by atoms with Crippen LogP contribution in [0.25, 0.3) is 61.7 Å². The normalized spacial score (nSPS) is 10.7. The summed E-state index contributed by atoms with van der Waals surface area (Å²) >= 11 is 0. The molecule has 7 heteroatoms. The van der Waals surface area contributed by atoms with Crippen molar-refractivity contribution in [3.8, 4) is 58.1 Å². The Hall–Kier alpha value is -6.62. The lowest BCUT2D eigenvalue weighted by molar-refractivity contribution is 1.06. The van der Waals surface area contributed by atoms with Crippen molar-refractivity contribution in [3.63, 3.8) is 0 Å². The first-order chi connectivity index (χ1) is 21.2. The van der Waals surface area contributed by atoms with Gasteiger partial charge in [-0.15, -0.1) is 0 Å². The molecule has 0 radical (unpaired) electrons. The van der Waals surface area contributed by atoms with Crippen LogP contribution in [0.1, 0.15) is 16.7 Å². The molecule has 0 spiro atoms. The highest BCUT2D eigenvalue weighted by Crippen LogP contribution is 2.37. The fourth-order valence-electron chi connectivity index (χ4n) is 5.33. The van der Waals surface area contributed by atoms with Crippen LogP contribution >= 0.6 is 0 Å². The van der Waals surface area contributed by atoms with E-state index in [1.807, 2.05) is 102 Å². The number of aromatic nitrogens is 4. The molecule has 198 valence electrons. The number of fused-ring (bicyclic) bond motifs is 3. The van der Waals surface area contributed by atoms with E-state index >= 15 is 0 Å². The summed E-state index contributed by atoms with van der Waals surface area (Å²) in [5.41, 5.74) is 6.22. The van der Waals surface area contributed by atoms with E-state index in [0.29, 0.717) is 45.4 Å². The Bertz CT molecular complexity index is 2190. The van der Waals surface area contributed by atoms with Gasteiger partial charge >= 0.3 is 0 Å². The first-order valence-corrected chi connectivity index (χ1v) is 13.5. The van der Waals surface area contributed by atoms with Crippen molar-refractivity contribution in [2.75, 3.05) is 0 Å². The van der Waals surface area contributed by atoms with Gasteiger partial charge in [0.1, 0.15) is 0 Å². The fourth-order valence-corrected chi connectivity index (χ4v) is 5.33. The SMILES string of the molecule is N#Cc1ccc(-c2nc(-c3ccccc3)nc(-c3ccccc3)n2)c(-n2c3ccc(C#N)cc3c3cc(C#N)ccc32)c1. The largest absolute Gasteiger partial charge is 0.308 e. The molecule has 43 heavy (non-hydrogen) atoms. The van der Waals surface area contributed by atoms with Crippen LogP contribution in [0.15, 0.2) is 115 Å². The Labute approximate surface area is 246 Å². The molecule has 2 heterocycles. The van der Waals surface area contributed by atoms with Gasteiger partial charge in [-0.25, -0.2) is 15.0 Å². The lowest BCUT2D eigenvalue weighted by atomic mass is 10.1. The second-order valence-corrected chi connectivity index (χ2v) is 9.90. The summed E-state index contributed by atoms with van der Waals surface area (Å²) in [5, 5.41) is 30.8. The first kappa shape index (κ1) is 25.4. The summed E-state index contributed by atoms with van der Waals surface area (Å²) < 4.78 is 2.04. The molecular formula is C36H19N7. The van der Waals surface area contributed by atoms with Gasteiger partial charge in [-0.1, -0.05) is 60.7 Å². The van der Waals surface area contributed by atoms with Gasteiger partial charge in [0.2, 0.25) is 0 Å². The molecule has 0 aliphatic rings. The summed E-state index contributed by atoms with van der Waals surface area (Å²) in [4.78, 5) is 14.7. The molecule has 0 atom stereocenters. The number of nitriles is 3. The highest BCUT2D eigenvalue weighted by molar-refractivity contribution is 6.10. The van der Waals surface area contributed by atoms with Gasteiger partial charge in [0, 0.05) is 27.5 Å². The molecule has 7 nitrogen and oxygen atoms in total. The highest BCUT2D eigenvalue weighted by Gasteiger charge is 2.20. The predicted octanol–water partition coefficient (Wildman–Crippen LogP) is 7.58. The third kappa shape index (κ3) is 4.43. The van der Waals surface area contributed by atoms with Crippen molar-refractivity contribution in [1.29, 1.82) is 15.8 Å². The van der Waals surface area contributed by atoms with Crippen LogP contribution in [-0.2, 0) is 0 Å². The van der Waals surface area contributed by atoms with Crippen molar-refractivity contribution >= 4 is 21.8 Å². The van der Waals surface area contributed by atoms with Crippen LogP contribution in [-0.4, -0.2) is 19.5 Å². The molecule has 5 aromatic carbocycles. The molecule has 0 fully saturated rings. The van der Waals surface area contributed by atoms with Crippen LogP contribution in [0.3, 0.4) is 0 Å². The van der Waals surface area contributed by atoms with E-state index in [1.54, 1.807) is 18.2 Å². The standard InChI is InChI=1S/C36H19N7/c37-20-23-12-15-31-29(17-23)30-18-24(21-38)13-16-32(30)43(31)33-19-25(22-39)11-14-28(33)36-41-34(26-7-3-1-4-8-26)40-35(42-36)27-9-5-2-6-10-27/h1-19H. The van der Waals surface area contributed by atoms with E-state index in [0.717, 1.165) is 32.9 Å². The number of benzene rings is 5. The Morgan fingerprint density at radius 2 is 0.907 bits per heavy atom. The average Bonchev–Trinajstić information content (AvgIpc) is 3.41. The summed E-state index contributed by atoms with van der Waals surface area (Å²) in [7, 11) is 0. The van der Waals surface area contributed by atoms with E-state index in [9.17, 15) is 15.8 Å². The number of hydrogen-bond donors (Lipinski definition) is 0. The zero-order valence-electron chi connectivity index (χ0n) is 22.6. The maximum Gasteiger partial charge on any atom is 0.166 e. The molecule has 0 aliphatic carbocycles. The molecule has 0 saturated carbocycles. The van der Waals surface area contributed by atoms with E-state index in [2.05, 4.69) is 18.2 Å². The Morgan fingerprint density at radius 1 is 0.465 bits per heavy atom. The first-order valence-electron chi connectivity index (χ1n) is 13.5. The van der Waals surface area contributed by atoms with Gasteiger partial charge in [-0.2, -0.15) is 15.8 Å². The molecule has 0 N–H and O–H groups in total. The minimum atomic E-state index is 0.449. The zero-order valence-corrected chi connectivity index (χ0v) is 22.6. The molecular weight excluding hydrogens is 530 g/mol. The number of hydrogen-bond acceptors (Lipinski definition) is 6. The van der Waals surface area contributed by atoms with Crippen molar-refractivity contribution in [1.82, 2.24) is 19.5 Å². The zero-order chi connectivity index (χ0) is 29.3. The van der Waals surface area contributed by atoms with Crippen LogP contribution in [0.2, 0.25) is 0 Å². The van der Waals surface area contributed by atoms with Crippen molar-refractivity contribution in [2.45, 2.75) is 0 Å². The van der Waals surface area contributed by atoms with Crippen LogP contribution in [0, 0.1) is 34.0 Å². The maximum absolute atomic E-state index is 9.90. The molecule has 0 saturated heterocycles. The maximum atomic E-state index is 9.90. The molecule has 0 aliphatic heterocycles. The van der Waals surface area contributed by atoms with E-state index in [1.165, 1.54) is 0 Å². The number of nitrogens with zero attached hydrogens (tertiary/aromatic N) is 7. The fraction of sp³-hybridized carbons (Fsp3) is 0.